The molecular weight excluding hydrogens is 262 g/mol. The van der Waals surface area contributed by atoms with Gasteiger partial charge >= 0.3 is 0 Å². The second kappa shape index (κ2) is 7.30. The smallest absolute Gasteiger partial charge is 0.161 e. The molecule has 0 spiro atoms. The summed E-state index contributed by atoms with van der Waals surface area (Å²) >= 11 is 0. The van der Waals surface area contributed by atoms with E-state index in [-0.39, 0.29) is 0 Å². The van der Waals surface area contributed by atoms with Crippen LogP contribution in [-0.4, -0.2) is 23.4 Å². The molecule has 120 valence electrons. The lowest BCUT2D eigenvalue weighted by Crippen LogP contribution is -2.39. The van der Waals surface area contributed by atoms with Crippen LogP contribution in [0.1, 0.15) is 71.0 Å². The average Bonchev–Trinajstić information content (AvgIpc) is 2.91. The standard InChI is InChI=1S/C17H31N3O/c1-5-12-18-16(17(3)10-8-7-9-11-17)15-14(21-4)13-19-20(15)6-2/h13,16,18H,5-12H2,1-4H3. The van der Waals surface area contributed by atoms with Crippen LogP contribution in [0.4, 0.5) is 0 Å². The number of hydrogen-bond donors (Lipinski definition) is 1. The fourth-order valence-corrected chi connectivity index (χ4v) is 3.69. The van der Waals surface area contributed by atoms with Crippen molar-refractivity contribution >= 4 is 0 Å². The Morgan fingerprint density at radius 3 is 2.62 bits per heavy atom. The number of methoxy groups -OCH3 is 1. The van der Waals surface area contributed by atoms with Gasteiger partial charge < -0.3 is 10.1 Å². The van der Waals surface area contributed by atoms with Crippen molar-refractivity contribution in [2.24, 2.45) is 5.41 Å². The van der Waals surface area contributed by atoms with E-state index in [1.54, 1.807) is 7.11 Å². The summed E-state index contributed by atoms with van der Waals surface area (Å²) in [6, 6.07) is 0.329. The highest BCUT2D eigenvalue weighted by Crippen LogP contribution is 2.47. The summed E-state index contributed by atoms with van der Waals surface area (Å²) in [5, 5.41) is 8.30. The largest absolute Gasteiger partial charge is 0.493 e. The summed E-state index contributed by atoms with van der Waals surface area (Å²) in [5.74, 6) is 0.928. The van der Waals surface area contributed by atoms with Crippen LogP contribution in [0.2, 0.25) is 0 Å². The number of ether oxygens (including phenoxy) is 1. The molecule has 1 fully saturated rings. The van der Waals surface area contributed by atoms with Gasteiger partial charge in [-0.05, 0) is 38.1 Å². The van der Waals surface area contributed by atoms with Crippen molar-refractivity contribution in [1.29, 1.82) is 0 Å². The molecule has 21 heavy (non-hydrogen) atoms. The SMILES string of the molecule is CCCNC(c1c(OC)cnn1CC)C1(C)CCCCC1. The Hall–Kier alpha value is -1.03. The summed E-state index contributed by atoms with van der Waals surface area (Å²) in [6.07, 6.45) is 9.63. The van der Waals surface area contributed by atoms with E-state index in [1.807, 2.05) is 6.20 Å². The molecule has 1 unspecified atom stereocenters. The molecule has 1 aromatic heterocycles. The summed E-state index contributed by atoms with van der Waals surface area (Å²) in [4.78, 5) is 0. The predicted molar refractivity (Wildman–Crippen MR) is 86.7 cm³/mol. The number of rotatable bonds is 7. The Morgan fingerprint density at radius 2 is 2.05 bits per heavy atom. The number of hydrogen-bond acceptors (Lipinski definition) is 3. The lowest BCUT2D eigenvalue weighted by atomic mass is 9.69. The summed E-state index contributed by atoms with van der Waals surface area (Å²) in [7, 11) is 1.75. The number of aromatic nitrogens is 2. The van der Waals surface area contributed by atoms with Gasteiger partial charge in [-0.3, -0.25) is 4.68 Å². The van der Waals surface area contributed by atoms with E-state index >= 15 is 0 Å². The Labute approximate surface area is 129 Å². The van der Waals surface area contributed by atoms with Gasteiger partial charge in [-0.15, -0.1) is 0 Å². The van der Waals surface area contributed by atoms with Crippen molar-refractivity contribution in [1.82, 2.24) is 15.1 Å². The summed E-state index contributed by atoms with van der Waals surface area (Å²) in [6.45, 7) is 8.74. The second-order valence-electron chi connectivity index (χ2n) is 6.52. The first-order valence-electron chi connectivity index (χ1n) is 8.49. The summed E-state index contributed by atoms with van der Waals surface area (Å²) in [5.41, 5.74) is 1.53. The molecule has 4 heteroatoms. The van der Waals surface area contributed by atoms with Crippen LogP contribution in [0, 0.1) is 5.41 Å². The van der Waals surface area contributed by atoms with Gasteiger partial charge in [0.15, 0.2) is 5.75 Å². The monoisotopic (exact) mass is 293 g/mol. The fourth-order valence-electron chi connectivity index (χ4n) is 3.69. The first-order valence-corrected chi connectivity index (χ1v) is 8.49. The minimum atomic E-state index is 0.299. The third kappa shape index (κ3) is 3.42. The molecule has 0 bridgehead atoms. The molecular formula is C17H31N3O. The van der Waals surface area contributed by atoms with Gasteiger partial charge in [0.05, 0.1) is 25.0 Å². The number of aryl methyl sites for hydroxylation is 1. The molecule has 0 aliphatic heterocycles. The van der Waals surface area contributed by atoms with Crippen molar-refractivity contribution in [3.63, 3.8) is 0 Å². The zero-order valence-corrected chi connectivity index (χ0v) is 14.1. The highest BCUT2D eigenvalue weighted by atomic mass is 16.5. The molecule has 1 atom stereocenters. The normalized spacial score (nSPS) is 19.4. The zero-order chi connectivity index (χ0) is 15.3. The zero-order valence-electron chi connectivity index (χ0n) is 14.1. The van der Waals surface area contributed by atoms with E-state index in [1.165, 1.54) is 37.8 Å². The van der Waals surface area contributed by atoms with Crippen molar-refractivity contribution in [3.05, 3.63) is 11.9 Å². The van der Waals surface area contributed by atoms with Gasteiger partial charge in [-0.25, -0.2) is 0 Å². The van der Waals surface area contributed by atoms with E-state index < -0.39 is 0 Å². The minimum Gasteiger partial charge on any atom is -0.493 e. The van der Waals surface area contributed by atoms with Gasteiger partial charge in [0.25, 0.3) is 0 Å². The Balaban J connectivity index is 2.37. The molecule has 0 aromatic carbocycles. The first kappa shape index (κ1) is 16.3. The van der Waals surface area contributed by atoms with E-state index in [0.717, 1.165) is 25.3 Å². The van der Waals surface area contributed by atoms with Crippen LogP contribution in [0.3, 0.4) is 0 Å². The Kier molecular flexibility index (Phi) is 5.68. The molecule has 0 radical (unpaired) electrons. The number of nitrogens with one attached hydrogen (secondary N) is 1. The van der Waals surface area contributed by atoms with Gasteiger partial charge in [-0.2, -0.15) is 5.10 Å². The minimum absolute atomic E-state index is 0.299. The topological polar surface area (TPSA) is 39.1 Å². The van der Waals surface area contributed by atoms with Crippen LogP contribution in [0.15, 0.2) is 6.20 Å². The van der Waals surface area contributed by atoms with Crippen LogP contribution < -0.4 is 10.1 Å². The third-order valence-corrected chi connectivity index (χ3v) is 4.93. The maximum atomic E-state index is 5.60. The average molecular weight is 293 g/mol. The molecule has 1 aromatic rings. The number of nitrogens with zero attached hydrogens (tertiary/aromatic N) is 2. The van der Waals surface area contributed by atoms with Gasteiger partial charge in [0, 0.05) is 6.54 Å². The van der Waals surface area contributed by atoms with Crippen molar-refractivity contribution in [3.8, 4) is 5.75 Å². The molecule has 1 saturated carbocycles. The highest BCUT2D eigenvalue weighted by Gasteiger charge is 2.39. The fraction of sp³-hybridized carbons (Fsp3) is 0.824. The van der Waals surface area contributed by atoms with E-state index in [2.05, 4.69) is 35.9 Å². The second-order valence-corrected chi connectivity index (χ2v) is 6.52. The lowest BCUT2D eigenvalue weighted by molar-refractivity contribution is 0.136. The third-order valence-electron chi connectivity index (χ3n) is 4.93. The van der Waals surface area contributed by atoms with Crippen LogP contribution >= 0.6 is 0 Å². The Bertz CT molecular complexity index is 414. The van der Waals surface area contributed by atoms with Crippen LogP contribution in [0.5, 0.6) is 5.75 Å². The molecule has 1 aliphatic rings. The molecule has 1 N–H and O–H groups in total. The molecule has 4 nitrogen and oxygen atoms in total. The Morgan fingerprint density at radius 1 is 1.33 bits per heavy atom. The van der Waals surface area contributed by atoms with Crippen LogP contribution in [0.25, 0.3) is 0 Å². The molecule has 1 aliphatic carbocycles. The van der Waals surface area contributed by atoms with E-state index in [4.69, 9.17) is 4.74 Å². The predicted octanol–water partition coefficient (Wildman–Crippen LogP) is 3.92. The molecule has 0 amide bonds. The molecule has 0 saturated heterocycles. The molecule has 1 heterocycles. The van der Waals surface area contributed by atoms with E-state index in [0.29, 0.717) is 11.5 Å². The quantitative estimate of drug-likeness (QED) is 0.828. The van der Waals surface area contributed by atoms with Crippen molar-refractivity contribution in [2.75, 3.05) is 13.7 Å². The van der Waals surface area contributed by atoms with Gasteiger partial charge in [0.2, 0.25) is 0 Å². The van der Waals surface area contributed by atoms with Crippen molar-refractivity contribution < 1.29 is 4.74 Å². The summed E-state index contributed by atoms with van der Waals surface area (Å²) < 4.78 is 7.70. The van der Waals surface area contributed by atoms with Crippen molar-refractivity contribution in [2.45, 2.75) is 71.9 Å². The molecule has 2 rings (SSSR count). The van der Waals surface area contributed by atoms with Gasteiger partial charge in [0.1, 0.15) is 0 Å². The highest BCUT2D eigenvalue weighted by molar-refractivity contribution is 5.30. The lowest BCUT2D eigenvalue weighted by Gasteiger charge is -2.41. The maximum Gasteiger partial charge on any atom is 0.161 e. The van der Waals surface area contributed by atoms with E-state index in [9.17, 15) is 0 Å². The first-order chi connectivity index (χ1) is 10.2. The maximum absolute atomic E-state index is 5.60. The van der Waals surface area contributed by atoms with Crippen LogP contribution in [-0.2, 0) is 6.54 Å². The van der Waals surface area contributed by atoms with Gasteiger partial charge in [-0.1, -0.05) is 33.1 Å².